The Bertz CT molecular complexity index is 837. The van der Waals surface area contributed by atoms with Crippen molar-refractivity contribution in [3.8, 4) is 0 Å². The third-order valence-corrected chi connectivity index (χ3v) is 4.66. The highest BCUT2D eigenvalue weighted by Gasteiger charge is 2.19. The normalized spacial score (nSPS) is 12.5. The molecule has 164 valence electrons. The molecule has 0 aliphatic carbocycles. The lowest BCUT2D eigenvalue weighted by Gasteiger charge is -2.22. The quantitative estimate of drug-likeness (QED) is 0.518. The largest absolute Gasteiger partial charge is 0.445 e. The fourth-order valence-electron chi connectivity index (χ4n) is 2.72. The van der Waals surface area contributed by atoms with Crippen LogP contribution >= 0.6 is 0 Å². The predicted octanol–water partition coefficient (Wildman–Crippen LogP) is 4.63. The van der Waals surface area contributed by atoms with Crippen LogP contribution < -0.4 is 10.6 Å². The first-order valence-corrected chi connectivity index (χ1v) is 10.3. The van der Waals surface area contributed by atoms with Crippen LogP contribution in [0, 0.1) is 5.92 Å². The third-order valence-electron chi connectivity index (χ3n) is 4.66. The lowest BCUT2D eigenvalue weighted by atomic mass is 10.0. The minimum absolute atomic E-state index is 0.0738. The van der Waals surface area contributed by atoms with Crippen molar-refractivity contribution < 1.29 is 19.1 Å². The lowest BCUT2D eigenvalue weighted by Crippen LogP contribution is -2.47. The summed E-state index contributed by atoms with van der Waals surface area (Å²) in [5, 5.41) is 5.44. The van der Waals surface area contributed by atoms with E-state index in [9.17, 15) is 9.59 Å². The molecule has 2 rings (SSSR count). The number of amides is 2. The number of benzene rings is 2. The highest BCUT2D eigenvalue weighted by Crippen LogP contribution is 2.06. The number of allylic oxidation sites excluding steroid dienone is 1. The van der Waals surface area contributed by atoms with Crippen LogP contribution in [0.5, 0.6) is 0 Å². The van der Waals surface area contributed by atoms with E-state index >= 15 is 0 Å². The van der Waals surface area contributed by atoms with E-state index in [1.54, 1.807) is 12.2 Å². The Hall–Kier alpha value is -3.54. The zero-order chi connectivity index (χ0) is 22.3. The van der Waals surface area contributed by atoms with E-state index in [1.165, 1.54) is 5.56 Å². The molecule has 6 heteroatoms. The standard InChI is InChI=1S/C25H30N2O4/c1-3-20(2)23(27-25(29)31-19-22-15-8-5-9-16-22)18-26-24(28)30-17-11-10-14-21-12-6-4-7-13-21/h3-13,15-16,20,23H,1,14,17-19H2,2H3,(H,26,28)(H,27,29)/t20-,23?/m0/s1. The number of carbonyl (C=O) groups is 2. The summed E-state index contributed by atoms with van der Waals surface area (Å²) in [4.78, 5) is 24.1. The van der Waals surface area contributed by atoms with Crippen LogP contribution in [0.3, 0.4) is 0 Å². The number of alkyl carbamates (subject to hydrolysis) is 2. The van der Waals surface area contributed by atoms with Gasteiger partial charge in [0.15, 0.2) is 0 Å². The molecule has 0 fully saturated rings. The van der Waals surface area contributed by atoms with Crippen LogP contribution in [-0.4, -0.2) is 31.4 Å². The van der Waals surface area contributed by atoms with Gasteiger partial charge in [-0.3, -0.25) is 0 Å². The molecule has 2 N–H and O–H groups in total. The molecule has 2 aromatic carbocycles. The van der Waals surface area contributed by atoms with E-state index in [4.69, 9.17) is 9.47 Å². The van der Waals surface area contributed by atoms with Gasteiger partial charge in [-0.1, -0.05) is 85.8 Å². The van der Waals surface area contributed by atoms with E-state index in [2.05, 4.69) is 17.2 Å². The summed E-state index contributed by atoms with van der Waals surface area (Å²) in [6.45, 7) is 6.20. The maximum atomic E-state index is 12.1. The number of rotatable bonds is 11. The average Bonchev–Trinajstić information content (AvgIpc) is 2.81. The van der Waals surface area contributed by atoms with Crippen LogP contribution in [0.15, 0.2) is 85.5 Å². The molecule has 1 unspecified atom stereocenters. The first kappa shape index (κ1) is 23.7. The Morgan fingerprint density at radius 2 is 1.58 bits per heavy atom. The smallest absolute Gasteiger partial charge is 0.407 e. The van der Waals surface area contributed by atoms with Crippen LogP contribution in [0.2, 0.25) is 0 Å². The van der Waals surface area contributed by atoms with Crippen LogP contribution in [0.25, 0.3) is 0 Å². The van der Waals surface area contributed by atoms with Gasteiger partial charge in [0.2, 0.25) is 0 Å². The maximum absolute atomic E-state index is 12.1. The Labute approximate surface area is 184 Å². The molecule has 0 saturated carbocycles. The van der Waals surface area contributed by atoms with Crippen molar-refractivity contribution >= 4 is 12.2 Å². The fraction of sp³-hybridized carbons (Fsp3) is 0.280. The molecule has 2 atom stereocenters. The fourth-order valence-corrected chi connectivity index (χ4v) is 2.72. The summed E-state index contributed by atoms with van der Waals surface area (Å²) in [5.74, 6) is -0.0738. The summed E-state index contributed by atoms with van der Waals surface area (Å²) < 4.78 is 10.4. The zero-order valence-electron chi connectivity index (χ0n) is 17.8. The van der Waals surface area contributed by atoms with E-state index in [1.807, 2.05) is 73.7 Å². The Morgan fingerprint density at radius 3 is 2.23 bits per heavy atom. The monoisotopic (exact) mass is 422 g/mol. The van der Waals surface area contributed by atoms with E-state index in [0.717, 1.165) is 12.0 Å². The van der Waals surface area contributed by atoms with Gasteiger partial charge in [0.25, 0.3) is 0 Å². The van der Waals surface area contributed by atoms with E-state index in [-0.39, 0.29) is 31.7 Å². The molecule has 0 radical (unpaired) electrons. The molecule has 0 aliphatic rings. The number of hydrogen-bond donors (Lipinski definition) is 2. The van der Waals surface area contributed by atoms with E-state index in [0.29, 0.717) is 0 Å². The van der Waals surface area contributed by atoms with Gasteiger partial charge in [0.1, 0.15) is 13.2 Å². The van der Waals surface area contributed by atoms with Crippen LogP contribution in [0.4, 0.5) is 9.59 Å². The topological polar surface area (TPSA) is 76.7 Å². The lowest BCUT2D eigenvalue weighted by molar-refractivity contribution is 0.131. The van der Waals surface area contributed by atoms with E-state index < -0.39 is 12.2 Å². The second kappa shape index (κ2) is 13.6. The Kier molecular flexibility index (Phi) is 10.4. The minimum atomic E-state index is -0.554. The molecule has 2 amide bonds. The first-order valence-electron chi connectivity index (χ1n) is 10.3. The summed E-state index contributed by atoms with van der Waals surface area (Å²) in [6.07, 6.45) is 5.14. The molecule has 2 aromatic rings. The summed E-state index contributed by atoms with van der Waals surface area (Å²) in [7, 11) is 0. The van der Waals surface area contributed by atoms with Crippen molar-refractivity contribution in [2.24, 2.45) is 5.92 Å². The van der Waals surface area contributed by atoms with Gasteiger partial charge in [-0.05, 0) is 23.5 Å². The Morgan fingerprint density at radius 1 is 0.935 bits per heavy atom. The molecule has 6 nitrogen and oxygen atoms in total. The minimum Gasteiger partial charge on any atom is -0.445 e. The van der Waals surface area contributed by atoms with Gasteiger partial charge in [-0.2, -0.15) is 0 Å². The summed E-state index contributed by atoms with van der Waals surface area (Å²) >= 11 is 0. The van der Waals surface area contributed by atoms with Gasteiger partial charge in [0.05, 0.1) is 6.04 Å². The molecule has 0 aromatic heterocycles. The van der Waals surface area contributed by atoms with Crippen LogP contribution in [-0.2, 0) is 22.5 Å². The Balaban J connectivity index is 1.70. The number of ether oxygens (including phenoxy) is 2. The van der Waals surface area contributed by atoms with Crippen molar-refractivity contribution in [3.05, 3.63) is 96.6 Å². The zero-order valence-corrected chi connectivity index (χ0v) is 17.8. The molecule has 0 saturated heterocycles. The van der Waals surface area contributed by atoms with Gasteiger partial charge in [-0.15, -0.1) is 6.58 Å². The molecule has 0 spiro atoms. The van der Waals surface area contributed by atoms with Gasteiger partial charge >= 0.3 is 12.2 Å². The highest BCUT2D eigenvalue weighted by atomic mass is 16.6. The van der Waals surface area contributed by atoms with Crippen molar-refractivity contribution in [3.63, 3.8) is 0 Å². The summed E-state index contributed by atoms with van der Waals surface area (Å²) in [6, 6.07) is 19.1. The second-order valence-corrected chi connectivity index (χ2v) is 7.05. The highest BCUT2D eigenvalue weighted by molar-refractivity contribution is 5.69. The van der Waals surface area contributed by atoms with Gasteiger partial charge in [0, 0.05) is 6.54 Å². The molecular weight excluding hydrogens is 392 g/mol. The molecule has 31 heavy (non-hydrogen) atoms. The molecule has 0 heterocycles. The summed E-state index contributed by atoms with van der Waals surface area (Å²) in [5.41, 5.74) is 2.09. The number of carbonyl (C=O) groups excluding carboxylic acids is 2. The maximum Gasteiger partial charge on any atom is 0.407 e. The van der Waals surface area contributed by atoms with Crippen LogP contribution in [0.1, 0.15) is 18.1 Å². The van der Waals surface area contributed by atoms with Crippen molar-refractivity contribution in [1.29, 1.82) is 0 Å². The molecular formula is C25H30N2O4. The average molecular weight is 423 g/mol. The first-order chi connectivity index (χ1) is 15.1. The van der Waals surface area contributed by atoms with Crippen molar-refractivity contribution in [2.75, 3.05) is 13.2 Å². The van der Waals surface area contributed by atoms with Gasteiger partial charge in [-0.25, -0.2) is 9.59 Å². The SMILES string of the molecule is C=C[C@H](C)C(CNC(=O)OCC=CCc1ccccc1)NC(=O)OCc1ccccc1. The molecule has 0 bridgehead atoms. The second-order valence-electron chi connectivity index (χ2n) is 7.05. The number of nitrogens with one attached hydrogen (secondary N) is 2. The van der Waals surface area contributed by atoms with Crippen molar-refractivity contribution in [1.82, 2.24) is 10.6 Å². The third kappa shape index (κ3) is 9.67. The van der Waals surface area contributed by atoms with Gasteiger partial charge < -0.3 is 20.1 Å². The number of hydrogen-bond acceptors (Lipinski definition) is 4. The molecule has 0 aliphatic heterocycles. The predicted molar refractivity (Wildman–Crippen MR) is 122 cm³/mol. The van der Waals surface area contributed by atoms with Crippen molar-refractivity contribution in [2.45, 2.75) is 26.0 Å².